The zero-order valence-electron chi connectivity index (χ0n) is 14.8. The highest BCUT2D eigenvalue weighted by molar-refractivity contribution is 7.89. The number of ether oxygens (including phenoxy) is 1. The zero-order chi connectivity index (χ0) is 18.7. The molecule has 3 rings (SSSR count). The van der Waals surface area contributed by atoms with Gasteiger partial charge < -0.3 is 14.6 Å². The van der Waals surface area contributed by atoms with Crippen LogP contribution in [0.15, 0.2) is 41.8 Å². The number of methoxy groups -OCH3 is 1. The minimum absolute atomic E-state index is 0.00536. The lowest BCUT2D eigenvalue weighted by Gasteiger charge is -2.30. The van der Waals surface area contributed by atoms with Crippen molar-refractivity contribution in [1.82, 2.24) is 13.9 Å². The molecule has 26 heavy (non-hydrogen) atoms. The smallest absolute Gasteiger partial charge is 0.262 e. The lowest BCUT2D eigenvalue weighted by molar-refractivity contribution is -0.120. The molecule has 1 aliphatic heterocycles. The summed E-state index contributed by atoms with van der Waals surface area (Å²) in [6, 6.07) is 7.13. The first-order valence-electron chi connectivity index (χ1n) is 8.34. The van der Waals surface area contributed by atoms with Gasteiger partial charge in [-0.25, -0.2) is 13.4 Å². The van der Waals surface area contributed by atoms with Crippen LogP contribution in [-0.2, 0) is 21.9 Å². The van der Waals surface area contributed by atoms with Crippen LogP contribution in [0.4, 0.5) is 5.69 Å². The number of carbonyl (C=O) groups is 1. The average molecular weight is 378 g/mol. The molecular formula is C17H22N4O4S. The molecule has 1 aliphatic rings. The number of nitrogens with zero attached hydrogens (tertiary/aromatic N) is 3. The number of carbonyl (C=O) groups excluding carboxylic acids is 1. The fourth-order valence-electron chi connectivity index (χ4n) is 3.01. The predicted molar refractivity (Wildman–Crippen MR) is 96.3 cm³/mol. The van der Waals surface area contributed by atoms with Crippen LogP contribution in [0.25, 0.3) is 0 Å². The van der Waals surface area contributed by atoms with Gasteiger partial charge in [0.05, 0.1) is 25.0 Å². The highest BCUT2D eigenvalue weighted by Gasteiger charge is 2.34. The molecule has 0 bridgehead atoms. The molecule has 0 radical (unpaired) electrons. The van der Waals surface area contributed by atoms with E-state index in [1.165, 1.54) is 23.9 Å². The summed E-state index contributed by atoms with van der Waals surface area (Å²) >= 11 is 0. The van der Waals surface area contributed by atoms with E-state index >= 15 is 0 Å². The van der Waals surface area contributed by atoms with E-state index in [1.807, 2.05) is 6.07 Å². The molecule has 1 unspecified atom stereocenters. The average Bonchev–Trinajstić information content (AvgIpc) is 3.09. The summed E-state index contributed by atoms with van der Waals surface area (Å²) in [6.45, 7) is 0.525. The van der Waals surface area contributed by atoms with Crippen LogP contribution in [0.2, 0.25) is 0 Å². The van der Waals surface area contributed by atoms with Gasteiger partial charge in [-0.05, 0) is 25.0 Å². The Morgan fingerprint density at radius 3 is 2.81 bits per heavy atom. The van der Waals surface area contributed by atoms with Crippen LogP contribution in [0.3, 0.4) is 0 Å². The number of hydrogen-bond donors (Lipinski definition) is 1. The predicted octanol–water partition coefficient (Wildman–Crippen LogP) is 1.47. The highest BCUT2D eigenvalue weighted by Crippen LogP contribution is 2.27. The molecule has 0 saturated carbocycles. The van der Waals surface area contributed by atoms with Gasteiger partial charge in [0.25, 0.3) is 10.0 Å². The van der Waals surface area contributed by atoms with Crippen molar-refractivity contribution in [2.24, 2.45) is 13.0 Å². The molecule has 1 N–H and O–H groups in total. The number of imidazole rings is 1. The topological polar surface area (TPSA) is 93.5 Å². The van der Waals surface area contributed by atoms with Crippen molar-refractivity contribution < 1.29 is 17.9 Å². The normalized spacial score (nSPS) is 18.5. The number of sulfonamides is 1. The Kier molecular flexibility index (Phi) is 5.28. The minimum Gasteiger partial charge on any atom is -0.495 e. The number of anilines is 1. The number of benzene rings is 1. The summed E-state index contributed by atoms with van der Waals surface area (Å²) in [6.07, 6.45) is 4.17. The molecule has 1 atom stereocenters. The first kappa shape index (κ1) is 18.4. The zero-order valence-corrected chi connectivity index (χ0v) is 15.6. The molecule has 140 valence electrons. The van der Waals surface area contributed by atoms with Gasteiger partial charge in [0.2, 0.25) is 5.91 Å². The lowest BCUT2D eigenvalue weighted by Crippen LogP contribution is -2.43. The monoisotopic (exact) mass is 378 g/mol. The van der Waals surface area contributed by atoms with Crippen molar-refractivity contribution in [3.63, 3.8) is 0 Å². The number of nitrogens with one attached hydrogen (secondary N) is 1. The molecule has 2 aromatic rings. The van der Waals surface area contributed by atoms with Crippen LogP contribution >= 0.6 is 0 Å². The Labute approximate surface area is 152 Å². The first-order valence-corrected chi connectivity index (χ1v) is 9.78. The molecule has 8 nitrogen and oxygen atoms in total. The van der Waals surface area contributed by atoms with Crippen molar-refractivity contribution in [2.75, 3.05) is 25.5 Å². The van der Waals surface area contributed by atoms with E-state index in [0.717, 1.165) is 0 Å². The fraction of sp³-hybridized carbons (Fsp3) is 0.412. The van der Waals surface area contributed by atoms with Gasteiger partial charge in [-0.15, -0.1) is 0 Å². The molecule has 0 spiro atoms. The number of para-hydroxylation sites is 2. The molecule has 2 heterocycles. The third kappa shape index (κ3) is 3.73. The first-order chi connectivity index (χ1) is 12.4. The Balaban J connectivity index is 1.73. The summed E-state index contributed by atoms with van der Waals surface area (Å²) < 4.78 is 33.6. The van der Waals surface area contributed by atoms with Crippen LogP contribution in [0.1, 0.15) is 12.8 Å². The van der Waals surface area contributed by atoms with E-state index in [4.69, 9.17) is 4.74 Å². The van der Waals surface area contributed by atoms with Crippen molar-refractivity contribution in [2.45, 2.75) is 17.9 Å². The standard InChI is InChI=1S/C17H22N4O4S/c1-20-11-16(18-12-20)26(23,24)21-9-5-6-13(10-21)17(22)19-14-7-3-4-8-15(14)25-2/h3-4,7-8,11-13H,5-6,9-10H2,1-2H3,(H,19,22). The van der Waals surface area contributed by atoms with Crippen molar-refractivity contribution >= 4 is 21.6 Å². The van der Waals surface area contributed by atoms with Gasteiger partial charge in [-0.1, -0.05) is 12.1 Å². The second kappa shape index (κ2) is 7.46. The van der Waals surface area contributed by atoms with Crippen LogP contribution in [0.5, 0.6) is 5.75 Å². The summed E-state index contributed by atoms with van der Waals surface area (Å²) in [4.78, 5) is 16.6. The van der Waals surface area contributed by atoms with E-state index in [2.05, 4.69) is 10.3 Å². The number of hydrogen-bond acceptors (Lipinski definition) is 5. The van der Waals surface area contributed by atoms with E-state index in [-0.39, 0.29) is 17.5 Å². The van der Waals surface area contributed by atoms with Crippen LogP contribution in [0, 0.1) is 5.92 Å². The highest BCUT2D eigenvalue weighted by atomic mass is 32.2. The van der Waals surface area contributed by atoms with Gasteiger partial charge in [0.15, 0.2) is 5.03 Å². The summed E-state index contributed by atoms with van der Waals surface area (Å²) in [5, 5.41) is 2.85. The van der Waals surface area contributed by atoms with Gasteiger partial charge in [-0.3, -0.25) is 4.79 Å². The molecule has 1 saturated heterocycles. The van der Waals surface area contributed by atoms with Crippen molar-refractivity contribution in [3.8, 4) is 5.75 Å². The number of rotatable bonds is 5. The summed E-state index contributed by atoms with van der Waals surface area (Å²) in [5.74, 6) is -0.0720. The molecule has 1 aromatic heterocycles. The molecule has 1 amide bonds. The SMILES string of the molecule is COc1ccccc1NC(=O)C1CCCN(S(=O)(=O)c2cn(C)cn2)C1. The van der Waals surface area contributed by atoms with E-state index < -0.39 is 15.9 Å². The van der Waals surface area contributed by atoms with Crippen molar-refractivity contribution in [3.05, 3.63) is 36.8 Å². The van der Waals surface area contributed by atoms with Gasteiger partial charge in [0.1, 0.15) is 5.75 Å². The maximum atomic E-state index is 12.7. The van der Waals surface area contributed by atoms with E-state index in [9.17, 15) is 13.2 Å². The number of aromatic nitrogens is 2. The fourth-order valence-corrected chi connectivity index (χ4v) is 4.50. The number of amides is 1. The van der Waals surface area contributed by atoms with Crippen LogP contribution < -0.4 is 10.1 Å². The summed E-state index contributed by atoms with van der Waals surface area (Å²) in [5.41, 5.74) is 0.574. The third-order valence-electron chi connectivity index (χ3n) is 4.41. The van der Waals surface area contributed by atoms with Gasteiger partial charge >= 0.3 is 0 Å². The largest absolute Gasteiger partial charge is 0.495 e. The second-order valence-electron chi connectivity index (χ2n) is 6.27. The summed E-state index contributed by atoms with van der Waals surface area (Å²) in [7, 11) is -0.448. The Hall–Kier alpha value is -2.39. The molecule has 9 heteroatoms. The molecular weight excluding hydrogens is 356 g/mol. The maximum absolute atomic E-state index is 12.7. The Bertz CT molecular complexity index is 894. The second-order valence-corrected chi connectivity index (χ2v) is 8.15. The lowest BCUT2D eigenvalue weighted by atomic mass is 9.98. The number of piperidine rings is 1. The Morgan fingerprint density at radius 1 is 1.35 bits per heavy atom. The van der Waals surface area contributed by atoms with Gasteiger partial charge in [0, 0.05) is 26.3 Å². The van der Waals surface area contributed by atoms with Crippen molar-refractivity contribution in [1.29, 1.82) is 0 Å². The van der Waals surface area contributed by atoms with Crippen LogP contribution in [-0.4, -0.2) is 48.4 Å². The maximum Gasteiger partial charge on any atom is 0.262 e. The third-order valence-corrected chi connectivity index (χ3v) is 6.16. The minimum atomic E-state index is -3.70. The molecule has 0 aliphatic carbocycles. The van der Waals surface area contributed by atoms with Gasteiger partial charge in [-0.2, -0.15) is 4.31 Å². The number of aryl methyl sites for hydroxylation is 1. The Morgan fingerprint density at radius 2 is 2.12 bits per heavy atom. The quantitative estimate of drug-likeness (QED) is 0.850. The molecule has 1 fully saturated rings. The van der Waals surface area contributed by atoms with E-state index in [1.54, 1.807) is 29.8 Å². The molecule has 1 aromatic carbocycles. The van der Waals surface area contributed by atoms with E-state index in [0.29, 0.717) is 30.8 Å².